The predicted molar refractivity (Wildman–Crippen MR) is 101 cm³/mol. The standard InChI is InChI=1S/C18H17ClN2O5S/c19-15-3-1-2-13(10-15)11-20(17-8-9-27(25,26)12-17)18(22)14-4-6-16(7-5-14)21(23)24/h1-7,10,17H,8-9,11-12H2/t17-/m1/s1. The number of nitrogens with zero attached hydrogens (tertiary/aromatic N) is 2. The molecule has 9 heteroatoms. The van der Waals surface area contributed by atoms with Crippen LogP contribution in [0.1, 0.15) is 22.3 Å². The van der Waals surface area contributed by atoms with Gasteiger partial charge in [-0.3, -0.25) is 14.9 Å². The monoisotopic (exact) mass is 408 g/mol. The van der Waals surface area contributed by atoms with Crippen molar-refractivity contribution >= 4 is 33.0 Å². The lowest BCUT2D eigenvalue weighted by Crippen LogP contribution is -2.40. The molecule has 1 atom stereocenters. The molecule has 1 fully saturated rings. The molecule has 7 nitrogen and oxygen atoms in total. The van der Waals surface area contributed by atoms with Crippen LogP contribution in [0.15, 0.2) is 48.5 Å². The number of carbonyl (C=O) groups is 1. The maximum atomic E-state index is 13.0. The van der Waals surface area contributed by atoms with E-state index < -0.39 is 20.8 Å². The number of carbonyl (C=O) groups excluding carboxylic acids is 1. The van der Waals surface area contributed by atoms with Crippen molar-refractivity contribution in [1.82, 2.24) is 4.90 Å². The summed E-state index contributed by atoms with van der Waals surface area (Å²) in [4.78, 5) is 24.8. The van der Waals surface area contributed by atoms with Crippen molar-refractivity contribution in [2.24, 2.45) is 0 Å². The molecule has 142 valence electrons. The van der Waals surface area contributed by atoms with Crippen LogP contribution in [0.5, 0.6) is 0 Å². The normalized spacial score (nSPS) is 18.2. The van der Waals surface area contributed by atoms with E-state index in [0.29, 0.717) is 11.4 Å². The maximum Gasteiger partial charge on any atom is 0.269 e. The van der Waals surface area contributed by atoms with E-state index in [1.54, 1.807) is 18.2 Å². The molecule has 0 bridgehead atoms. The first-order valence-electron chi connectivity index (χ1n) is 8.25. The average molecular weight is 409 g/mol. The molecule has 2 aromatic rings. The second kappa shape index (κ2) is 7.66. The van der Waals surface area contributed by atoms with E-state index in [1.807, 2.05) is 6.07 Å². The van der Waals surface area contributed by atoms with E-state index in [4.69, 9.17) is 11.6 Å². The molecule has 1 amide bonds. The summed E-state index contributed by atoms with van der Waals surface area (Å²) in [5.74, 6) is -0.421. The minimum absolute atomic E-state index is 0.0389. The Labute approximate surface area is 161 Å². The molecule has 3 rings (SSSR count). The Hall–Kier alpha value is -2.45. The molecule has 0 unspecified atom stereocenters. The predicted octanol–water partition coefficient (Wildman–Crippen LogP) is 3.08. The van der Waals surface area contributed by atoms with Crippen molar-refractivity contribution in [1.29, 1.82) is 0 Å². The smallest absolute Gasteiger partial charge is 0.269 e. The van der Waals surface area contributed by atoms with Gasteiger partial charge < -0.3 is 4.90 Å². The quantitative estimate of drug-likeness (QED) is 0.559. The minimum atomic E-state index is -3.18. The topological polar surface area (TPSA) is 97.6 Å². The average Bonchev–Trinajstić information content (AvgIpc) is 2.99. The summed E-state index contributed by atoms with van der Waals surface area (Å²) in [5, 5.41) is 11.3. The van der Waals surface area contributed by atoms with Crippen molar-refractivity contribution in [3.8, 4) is 0 Å². The van der Waals surface area contributed by atoms with E-state index in [9.17, 15) is 23.3 Å². The van der Waals surface area contributed by atoms with Gasteiger partial charge in [0.25, 0.3) is 11.6 Å². The van der Waals surface area contributed by atoms with Crippen LogP contribution in [0.4, 0.5) is 5.69 Å². The number of rotatable bonds is 5. The highest BCUT2D eigenvalue weighted by Crippen LogP contribution is 2.24. The fourth-order valence-electron chi connectivity index (χ4n) is 3.11. The van der Waals surface area contributed by atoms with E-state index in [2.05, 4.69) is 0 Å². The van der Waals surface area contributed by atoms with Crippen LogP contribution in [0.2, 0.25) is 5.02 Å². The zero-order valence-corrected chi connectivity index (χ0v) is 15.8. The van der Waals surface area contributed by atoms with E-state index >= 15 is 0 Å². The molecule has 1 heterocycles. The summed E-state index contributed by atoms with van der Waals surface area (Å²) in [6.45, 7) is 0.205. The molecule has 0 radical (unpaired) electrons. The highest BCUT2D eigenvalue weighted by Gasteiger charge is 2.35. The van der Waals surface area contributed by atoms with E-state index in [1.165, 1.54) is 29.2 Å². The summed E-state index contributed by atoms with van der Waals surface area (Å²) in [5.41, 5.74) is 0.936. The van der Waals surface area contributed by atoms with Gasteiger partial charge in [-0.1, -0.05) is 23.7 Å². The number of nitro benzene ring substituents is 1. The van der Waals surface area contributed by atoms with Gasteiger partial charge in [0.05, 0.1) is 16.4 Å². The van der Waals surface area contributed by atoms with Gasteiger partial charge in [0.2, 0.25) is 0 Å². The highest BCUT2D eigenvalue weighted by molar-refractivity contribution is 7.91. The van der Waals surface area contributed by atoms with Gasteiger partial charge in [0, 0.05) is 35.3 Å². The van der Waals surface area contributed by atoms with E-state index in [-0.39, 0.29) is 35.2 Å². The summed E-state index contributed by atoms with van der Waals surface area (Å²) in [6.07, 6.45) is 0.363. The molecule has 27 heavy (non-hydrogen) atoms. The lowest BCUT2D eigenvalue weighted by atomic mass is 10.1. The van der Waals surface area contributed by atoms with Crippen LogP contribution in [0.25, 0.3) is 0 Å². The molecule has 0 N–H and O–H groups in total. The third-order valence-electron chi connectivity index (χ3n) is 4.48. The molecule has 1 saturated heterocycles. The fraction of sp³-hybridized carbons (Fsp3) is 0.278. The first-order chi connectivity index (χ1) is 12.7. The molecule has 0 aromatic heterocycles. The molecular weight excluding hydrogens is 392 g/mol. The van der Waals surface area contributed by atoms with Gasteiger partial charge in [-0.05, 0) is 36.2 Å². The fourth-order valence-corrected chi connectivity index (χ4v) is 5.06. The highest BCUT2D eigenvalue weighted by atomic mass is 35.5. The minimum Gasteiger partial charge on any atom is -0.330 e. The van der Waals surface area contributed by atoms with Gasteiger partial charge in [0.15, 0.2) is 9.84 Å². The Balaban J connectivity index is 1.90. The van der Waals surface area contributed by atoms with Crippen molar-refractivity contribution in [3.05, 3.63) is 74.8 Å². The maximum absolute atomic E-state index is 13.0. The molecule has 0 aliphatic carbocycles. The first kappa shape index (κ1) is 19.3. The van der Waals surface area contributed by atoms with Crippen LogP contribution >= 0.6 is 11.6 Å². The van der Waals surface area contributed by atoms with Crippen molar-refractivity contribution < 1.29 is 18.1 Å². The molecule has 0 saturated carbocycles. The Morgan fingerprint density at radius 3 is 2.48 bits per heavy atom. The van der Waals surface area contributed by atoms with Crippen LogP contribution in [0, 0.1) is 10.1 Å². The number of sulfone groups is 1. The second-order valence-electron chi connectivity index (χ2n) is 6.42. The van der Waals surface area contributed by atoms with Crippen molar-refractivity contribution in [2.75, 3.05) is 11.5 Å². The van der Waals surface area contributed by atoms with Crippen LogP contribution in [0.3, 0.4) is 0 Å². The van der Waals surface area contributed by atoms with Crippen LogP contribution in [-0.2, 0) is 16.4 Å². The Bertz CT molecular complexity index is 976. The summed E-state index contributed by atoms with van der Waals surface area (Å²) >= 11 is 6.01. The lowest BCUT2D eigenvalue weighted by Gasteiger charge is -2.28. The van der Waals surface area contributed by atoms with Gasteiger partial charge in [-0.2, -0.15) is 0 Å². The largest absolute Gasteiger partial charge is 0.330 e. The number of non-ortho nitro benzene ring substituents is 1. The van der Waals surface area contributed by atoms with Gasteiger partial charge in [-0.25, -0.2) is 8.42 Å². The summed E-state index contributed by atoms with van der Waals surface area (Å²) < 4.78 is 23.8. The summed E-state index contributed by atoms with van der Waals surface area (Å²) in [7, 11) is -3.18. The molecular formula is C18H17ClN2O5S. The second-order valence-corrected chi connectivity index (χ2v) is 9.09. The van der Waals surface area contributed by atoms with Crippen LogP contribution < -0.4 is 0 Å². The number of hydrogen-bond donors (Lipinski definition) is 0. The van der Waals surface area contributed by atoms with Gasteiger partial charge in [-0.15, -0.1) is 0 Å². The lowest BCUT2D eigenvalue weighted by molar-refractivity contribution is -0.384. The molecule has 1 aliphatic rings. The van der Waals surface area contributed by atoms with Gasteiger partial charge in [0.1, 0.15) is 0 Å². The SMILES string of the molecule is O=C(c1ccc([N+](=O)[O-])cc1)N(Cc1cccc(Cl)c1)[C@@H]1CCS(=O)(=O)C1. The third-order valence-corrected chi connectivity index (χ3v) is 6.46. The van der Waals surface area contributed by atoms with Gasteiger partial charge >= 0.3 is 0 Å². The molecule has 2 aromatic carbocycles. The first-order valence-corrected chi connectivity index (χ1v) is 10.5. The van der Waals surface area contributed by atoms with Crippen molar-refractivity contribution in [3.63, 3.8) is 0 Å². The zero-order chi connectivity index (χ0) is 19.6. The number of halogens is 1. The number of nitro groups is 1. The zero-order valence-electron chi connectivity index (χ0n) is 14.2. The third kappa shape index (κ3) is 4.64. The molecule has 0 spiro atoms. The molecule has 1 aliphatic heterocycles. The Kier molecular flexibility index (Phi) is 5.48. The Morgan fingerprint density at radius 2 is 1.93 bits per heavy atom. The Morgan fingerprint density at radius 1 is 1.22 bits per heavy atom. The number of hydrogen-bond acceptors (Lipinski definition) is 5. The van der Waals surface area contributed by atoms with Crippen molar-refractivity contribution in [2.45, 2.75) is 19.0 Å². The number of benzene rings is 2. The number of amides is 1. The van der Waals surface area contributed by atoms with E-state index in [0.717, 1.165) is 5.56 Å². The summed E-state index contributed by atoms with van der Waals surface area (Å²) in [6, 6.07) is 11.9. The van der Waals surface area contributed by atoms with Crippen LogP contribution in [-0.4, -0.2) is 41.7 Å².